The number of Topliss-reactive ketones (excluding diaryl/α,β-unsaturated/α-hetero) is 1. The Balaban J connectivity index is 1.50. The summed E-state index contributed by atoms with van der Waals surface area (Å²) in [5.74, 6) is 0.281. The van der Waals surface area contributed by atoms with Crippen LogP contribution in [0.5, 0.6) is 0 Å². The van der Waals surface area contributed by atoms with Crippen LogP contribution in [0.25, 0.3) is 0 Å². The van der Waals surface area contributed by atoms with Gasteiger partial charge in [0, 0.05) is 24.6 Å². The number of hydrogen-bond donors (Lipinski definition) is 2. The first-order chi connectivity index (χ1) is 14.7. The quantitative estimate of drug-likeness (QED) is 0.830. The van der Waals surface area contributed by atoms with Gasteiger partial charge in [-0.3, -0.25) is 9.59 Å². The topological polar surface area (TPSA) is 61.4 Å². The normalized spacial score (nSPS) is 29.1. The zero-order valence-electron chi connectivity index (χ0n) is 17.0. The molecule has 1 spiro atoms. The summed E-state index contributed by atoms with van der Waals surface area (Å²) in [6.07, 6.45) is 4.14. The van der Waals surface area contributed by atoms with Crippen LogP contribution in [0.4, 0.5) is 5.69 Å². The van der Waals surface area contributed by atoms with Crippen molar-refractivity contribution in [1.82, 2.24) is 10.6 Å². The van der Waals surface area contributed by atoms with Gasteiger partial charge in [0.2, 0.25) is 5.91 Å². The van der Waals surface area contributed by atoms with Crippen LogP contribution in [0.3, 0.4) is 0 Å². The summed E-state index contributed by atoms with van der Waals surface area (Å²) in [6.45, 7) is 1.89. The maximum absolute atomic E-state index is 13.3. The van der Waals surface area contributed by atoms with Crippen LogP contribution in [-0.4, -0.2) is 37.0 Å². The van der Waals surface area contributed by atoms with Gasteiger partial charge in [-0.25, -0.2) is 0 Å². The van der Waals surface area contributed by atoms with E-state index in [9.17, 15) is 9.59 Å². The predicted molar refractivity (Wildman–Crippen MR) is 117 cm³/mol. The molecular formula is C25H27N3O2. The van der Waals surface area contributed by atoms with E-state index in [4.69, 9.17) is 0 Å². The molecular weight excluding hydrogens is 374 g/mol. The standard InChI is InChI=1S/C25H27N3O2/c29-23-15-19(18-7-3-1-4-8-18)11-12-21(23)22-16-26-14-13-25(22)24(30)27-17-28(25)20-9-5-2-6-10-20/h1-10,12,19,22,26H,11,13-17H2,(H,27,30). The molecule has 5 rings (SSSR count). The Morgan fingerprint density at radius 1 is 0.967 bits per heavy atom. The molecule has 2 aromatic carbocycles. The fourth-order valence-corrected chi connectivity index (χ4v) is 5.45. The van der Waals surface area contributed by atoms with Crippen LogP contribution in [-0.2, 0) is 9.59 Å². The predicted octanol–water partition coefficient (Wildman–Crippen LogP) is 3.00. The van der Waals surface area contributed by atoms with Crippen LogP contribution >= 0.6 is 0 Å². The monoisotopic (exact) mass is 401 g/mol. The first-order valence-corrected chi connectivity index (χ1v) is 10.8. The van der Waals surface area contributed by atoms with Crippen LogP contribution in [0.15, 0.2) is 72.3 Å². The van der Waals surface area contributed by atoms with E-state index in [1.807, 2.05) is 48.5 Å². The molecule has 0 radical (unpaired) electrons. The lowest BCUT2D eigenvalue weighted by Crippen LogP contribution is -2.63. The highest BCUT2D eigenvalue weighted by Crippen LogP contribution is 2.44. The minimum absolute atomic E-state index is 0.0386. The lowest BCUT2D eigenvalue weighted by atomic mass is 9.69. The molecule has 3 aliphatic rings. The van der Waals surface area contributed by atoms with E-state index in [0.717, 1.165) is 24.2 Å². The van der Waals surface area contributed by atoms with E-state index in [2.05, 4.69) is 33.7 Å². The SMILES string of the molecule is O=C1CC(c2ccccc2)CC=C1C1CNCCC12C(=O)NCN2c1ccccc1. The average Bonchev–Trinajstić information content (AvgIpc) is 3.11. The second-order valence-electron chi connectivity index (χ2n) is 8.49. The first kappa shape index (κ1) is 19.1. The third kappa shape index (κ3) is 3.05. The fourth-order valence-electron chi connectivity index (χ4n) is 5.45. The van der Waals surface area contributed by atoms with Gasteiger partial charge in [-0.05, 0) is 48.6 Å². The second-order valence-corrected chi connectivity index (χ2v) is 8.49. The number of benzene rings is 2. The third-order valence-electron chi connectivity index (χ3n) is 6.97. The Morgan fingerprint density at radius 2 is 1.70 bits per heavy atom. The third-order valence-corrected chi connectivity index (χ3v) is 6.97. The Hall–Kier alpha value is -2.92. The molecule has 5 nitrogen and oxygen atoms in total. The molecule has 3 unspecified atom stereocenters. The van der Waals surface area contributed by atoms with Gasteiger partial charge in [-0.2, -0.15) is 0 Å². The molecule has 30 heavy (non-hydrogen) atoms. The number of anilines is 1. The van der Waals surface area contributed by atoms with Gasteiger partial charge in [0.1, 0.15) is 5.54 Å². The van der Waals surface area contributed by atoms with Crippen molar-refractivity contribution in [2.75, 3.05) is 24.7 Å². The number of piperidine rings is 1. The summed E-state index contributed by atoms with van der Waals surface area (Å²) in [5.41, 5.74) is 2.34. The Morgan fingerprint density at radius 3 is 2.43 bits per heavy atom. The molecule has 2 aromatic rings. The highest BCUT2D eigenvalue weighted by atomic mass is 16.2. The summed E-state index contributed by atoms with van der Waals surface area (Å²) < 4.78 is 0. The summed E-state index contributed by atoms with van der Waals surface area (Å²) >= 11 is 0. The van der Waals surface area contributed by atoms with Gasteiger partial charge < -0.3 is 15.5 Å². The van der Waals surface area contributed by atoms with E-state index in [1.165, 1.54) is 5.56 Å². The van der Waals surface area contributed by atoms with Gasteiger partial charge in [0.05, 0.1) is 6.67 Å². The van der Waals surface area contributed by atoms with Crippen molar-refractivity contribution in [3.63, 3.8) is 0 Å². The number of carbonyl (C=O) groups is 2. The Kier molecular flexibility index (Phi) is 4.91. The zero-order chi connectivity index (χ0) is 20.6. The molecule has 0 saturated carbocycles. The number of carbonyl (C=O) groups excluding carboxylic acids is 2. The molecule has 2 fully saturated rings. The molecule has 1 amide bonds. The summed E-state index contributed by atoms with van der Waals surface area (Å²) in [4.78, 5) is 28.8. The first-order valence-electron chi connectivity index (χ1n) is 10.8. The molecule has 5 heteroatoms. The van der Waals surface area contributed by atoms with Crippen LogP contribution < -0.4 is 15.5 Å². The number of hydrogen-bond acceptors (Lipinski definition) is 4. The van der Waals surface area contributed by atoms with Gasteiger partial charge in [0.15, 0.2) is 5.78 Å². The molecule has 2 saturated heterocycles. The maximum Gasteiger partial charge on any atom is 0.248 e. The van der Waals surface area contributed by atoms with Crippen molar-refractivity contribution in [3.8, 4) is 0 Å². The molecule has 2 heterocycles. The van der Waals surface area contributed by atoms with Crippen molar-refractivity contribution >= 4 is 17.4 Å². The van der Waals surface area contributed by atoms with Gasteiger partial charge in [0.25, 0.3) is 0 Å². The molecule has 154 valence electrons. The minimum atomic E-state index is -0.715. The van der Waals surface area contributed by atoms with E-state index in [0.29, 0.717) is 26.1 Å². The zero-order valence-corrected chi connectivity index (χ0v) is 17.0. The second kappa shape index (κ2) is 7.73. The highest BCUT2D eigenvalue weighted by Gasteiger charge is 2.57. The van der Waals surface area contributed by atoms with Crippen molar-refractivity contribution in [1.29, 1.82) is 0 Å². The summed E-state index contributed by atoms with van der Waals surface area (Å²) in [6, 6.07) is 20.3. The largest absolute Gasteiger partial charge is 0.338 e. The lowest BCUT2D eigenvalue weighted by molar-refractivity contribution is -0.126. The number of nitrogens with zero attached hydrogens (tertiary/aromatic N) is 1. The van der Waals surface area contributed by atoms with Gasteiger partial charge >= 0.3 is 0 Å². The van der Waals surface area contributed by atoms with Crippen molar-refractivity contribution in [2.24, 2.45) is 5.92 Å². The van der Waals surface area contributed by atoms with E-state index in [-0.39, 0.29) is 23.5 Å². The van der Waals surface area contributed by atoms with E-state index >= 15 is 0 Å². The van der Waals surface area contributed by atoms with E-state index < -0.39 is 5.54 Å². The van der Waals surface area contributed by atoms with E-state index in [1.54, 1.807) is 0 Å². The van der Waals surface area contributed by atoms with Gasteiger partial charge in [-0.15, -0.1) is 0 Å². The lowest BCUT2D eigenvalue weighted by Gasteiger charge is -2.47. The molecule has 1 aliphatic carbocycles. The molecule has 2 aliphatic heterocycles. The van der Waals surface area contributed by atoms with Crippen LogP contribution in [0.2, 0.25) is 0 Å². The molecule has 3 atom stereocenters. The summed E-state index contributed by atoms with van der Waals surface area (Å²) in [5, 5.41) is 6.51. The Labute approximate surface area is 177 Å². The molecule has 0 bridgehead atoms. The van der Waals surface area contributed by atoms with Crippen molar-refractivity contribution in [2.45, 2.75) is 30.7 Å². The highest BCUT2D eigenvalue weighted by molar-refractivity contribution is 6.01. The molecule has 2 N–H and O–H groups in total. The molecule has 0 aromatic heterocycles. The van der Waals surface area contributed by atoms with Crippen molar-refractivity contribution < 1.29 is 9.59 Å². The maximum atomic E-state index is 13.3. The van der Waals surface area contributed by atoms with Crippen molar-refractivity contribution in [3.05, 3.63) is 77.9 Å². The van der Waals surface area contributed by atoms with Gasteiger partial charge in [-0.1, -0.05) is 54.6 Å². The minimum Gasteiger partial charge on any atom is -0.338 e. The number of amides is 1. The number of allylic oxidation sites excluding steroid dienone is 1. The number of rotatable bonds is 3. The van der Waals surface area contributed by atoms with Crippen LogP contribution in [0, 0.1) is 5.92 Å². The summed E-state index contributed by atoms with van der Waals surface area (Å²) in [7, 11) is 0. The number of para-hydroxylation sites is 1. The number of nitrogens with one attached hydrogen (secondary N) is 2. The Bertz CT molecular complexity index is 972. The fraction of sp³-hybridized carbons (Fsp3) is 0.360. The average molecular weight is 402 g/mol. The smallest absolute Gasteiger partial charge is 0.248 e. The number of ketones is 1. The van der Waals surface area contributed by atoms with Crippen LogP contribution in [0.1, 0.15) is 30.7 Å².